The van der Waals surface area contributed by atoms with Crippen LogP contribution in [0.3, 0.4) is 0 Å². The van der Waals surface area contributed by atoms with Crippen LogP contribution in [0.4, 0.5) is 4.39 Å². The fourth-order valence-corrected chi connectivity index (χ4v) is 3.96. The lowest BCUT2D eigenvalue weighted by Crippen LogP contribution is -2.63. The summed E-state index contributed by atoms with van der Waals surface area (Å²) in [6, 6.07) is 10.8. The third-order valence-electron chi connectivity index (χ3n) is 5.12. The number of amides is 2. The van der Waals surface area contributed by atoms with Crippen molar-refractivity contribution in [2.75, 3.05) is 13.7 Å². The van der Waals surface area contributed by atoms with Crippen LogP contribution >= 0.6 is 23.2 Å². The molecule has 2 aromatic carbocycles. The largest absolute Gasteiger partial charge is 0.497 e. The second-order valence-electron chi connectivity index (χ2n) is 7.21. The summed E-state index contributed by atoms with van der Waals surface area (Å²) < 4.78 is 24.3. The van der Waals surface area contributed by atoms with E-state index in [4.69, 9.17) is 32.7 Å². The van der Waals surface area contributed by atoms with Crippen molar-refractivity contribution in [2.45, 2.75) is 18.3 Å². The van der Waals surface area contributed by atoms with Crippen LogP contribution in [-0.2, 0) is 9.59 Å². The molecule has 10 heteroatoms. The summed E-state index contributed by atoms with van der Waals surface area (Å²) in [6.45, 7) is 1.38. The predicted octanol–water partition coefficient (Wildman–Crippen LogP) is 3.95. The third kappa shape index (κ3) is 4.16. The molecule has 1 aliphatic heterocycles. The number of carbonyl (C=O) groups is 2. The van der Waals surface area contributed by atoms with Gasteiger partial charge < -0.3 is 9.47 Å². The molecule has 1 N–H and O–H groups in total. The van der Waals surface area contributed by atoms with E-state index in [0.29, 0.717) is 22.2 Å². The van der Waals surface area contributed by atoms with Gasteiger partial charge >= 0.3 is 0 Å². The molecule has 7 nitrogen and oxygen atoms in total. The minimum absolute atomic E-state index is 0.0595. The number of benzene rings is 2. The zero-order chi connectivity index (χ0) is 23.0. The monoisotopic (exact) mass is 477 g/mol. The van der Waals surface area contributed by atoms with E-state index >= 15 is 0 Å². The van der Waals surface area contributed by atoms with Crippen LogP contribution in [0.25, 0.3) is 10.9 Å². The van der Waals surface area contributed by atoms with E-state index in [0.717, 1.165) is 5.56 Å². The number of aryl methyl sites for hydroxylation is 1. The summed E-state index contributed by atoms with van der Waals surface area (Å²) in [4.78, 5) is 28.9. The molecule has 4 rings (SSSR count). The molecular weight excluding hydrogens is 460 g/mol. The topological polar surface area (TPSA) is 80.8 Å². The summed E-state index contributed by atoms with van der Waals surface area (Å²) in [5.41, 5.74) is 4.42. The van der Waals surface area contributed by atoms with E-state index in [9.17, 15) is 14.0 Å². The summed E-state index contributed by atoms with van der Waals surface area (Å²) in [5, 5.41) is 0.910. The molecule has 1 saturated heterocycles. The van der Waals surface area contributed by atoms with Crippen LogP contribution in [0, 0.1) is 12.7 Å². The Balaban J connectivity index is 1.43. The average molecular weight is 478 g/mol. The van der Waals surface area contributed by atoms with Crippen LogP contribution in [0.2, 0.25) is 5.02 Å². The highest BCUT2D eigenvalue weighted by molar-refractivity contribution is 6.33. The number of halogens is 3. The molecule has 1 aliphatic rings. The summed E-state index contributed by atoms with van der Waals surface area (Å²) in [5.74, 6) is -0.684. The Morgan fingerprint density at radius 1 is 1.25 bits per heavy atom. The van der Waals surface area contributed by atoms with Crippen molar-refractivity contribution in [3.05, 3.63) is 64.4 Å². The summed E-state index contributed by atoms with van der Waals surface area (Å²) >= 11 is 12.0. The fourth-order valence-electron chi connectivity index (χ4n) is 3.44. The van der Waals surface area contributed by atoms with Crippen LogP contribution < -0.4 is 14.9 Å². The number of alkyl halides is 1. The van der Waals surface area contributed by atoms with Gasteiger partial charge in [-0.2, -0.15) is 0 Å². The van der Waals surface area contributed by atoms with Crippen molar-refractivity contribution in [3.63, 3.8) is 0 Å². The molecule has 1 fully saturated rings. The minimum atomic E-state index is -0.792. The average Bonchev–Trinajstić information content (AvgIpc) is 2.78. The molecule has 0 unspecified atom stereocenters. The first-order chi connectivity index (χ1) is 15.3. The van der Waals surface area contributed by atoms with E-state index < -0.39 is 29.1 Å². The molecule has 166 valence electrons. The van der Waals surface area contributed by atoms with E-state index in [1.165, 1.54) is 17.1 Å². The number of methoxy groups -OCH3 is 1. The maximum Gasteiger partial charge on any atom is 0.276 e. The number of aromatic nitrogens is 1. The van der Waals surface area contributed by atoms with Gasteiger partial charge in [-0.3, -0.25) is 15.0 Å². The number of nitrogens with zero attached hydrogens (tertiary/aromatic N) is 2. The van der Waals surface area contributed by atoms with Crippen molar-refractivity contribution in [2.24, 2.45) is 0 Å². The van der Waals surface area contributed by atoms with Crippen molar-refractivity contribution in [1.29, 1.82) is 0 Å². The first-order valence-corrected chi connectivity index (χ1v) is 10.4. The molecule has 2 atom stereocenters. The fraction of sp³-hybridized carbons (Fsp3) is 0.227. The van der Waals surface area contributed by atoms with Crippen LogP contribution in [-0.4, -0.2) is 40.9 Å². The van der Waals surface area contributed by atoms with Gasteiger partial charge in [0.2, 0.25) is 5.88 Å². The molecule has 2 amide bonds. The lowest BCUT2D eigenvalue weighted by molar-refractivity contribution is -0.157. The number of β-lactam (4-membered cyclic amide) rings is 1. The maximum atomic E-state index is 13.7. The lowest BCUT2D eigenvalue weighted by atomic mass is 9.95. The van der Waals surface area contributed by atoms with E-state index in [1.54, 1.807) is 44.4 Å². The Hall–Kier alpha value is -3.10. The normalized spacial score (nSPS) is 17.8. The molecule has 0 bridgehead atoms. The van der Waals surface area contributed by atoms with E-state index in [2.05, 4.69) is 10.4 Å². The highest BCUT2D eigenvalue weighted by Gasteiger charge is 2.48. The molecule has 0 spiro atoms. The highest BCUT2D eigenvalue weighted by atomic mass is 35.5. The first kappa shape index (κ1) is 22.1. The van der Waals surface area contributed by atoms with E-state index in [1.807, 2.05) is 0 Å². The zero-order valence-electron chi connectivity index (χ0n) is 17.1. The Morgan fingerprint density at radius 3 is 2.66 bits per heavy atom. The number of carbonyl (C=O) groups excluding carboxylic acids is 2. The summed E-state index contributed by atoms with van der Waals surface area (Å²) in [6.07, 6.45) is 0. The number of nitrogens with one attached hydrogen (secondary N) is 1. The Labute approximate surface area is 193 Å². The molecular formula is C22H18Cl2FN3O4. The number of pyridine rings is 1. The van der Waals surface area contributed by atoms with Crippen molar-refractivity contribution < 1.29 is 23.5 Å². The standard InChI is InChI=1S/C22H18Cl2FN3O4/c1-11-7-19(26-17-9-15(23)16(25)8-14(11)17)32-10-18(29)27-28-21(20(24)22(28)30)12-3-5-13(31-2)6-4-12/h3-9,20-21H,10H2,1-2H3,(H,27,29)/t20-,21+/m1/s1. The molecule has 0 radical (unpaired) electrons. The maximum absolute atomic E-state index is 13.7. The van der Waals surface area contributed by atoms with Gasteiger partial charge in [-0.1, -0.05) is 23.7 Å². The van der Waals surface area contributed by atoms with Crippen LogP contribution in [0.1, 0.15) is 17.2 Å². The van der Waals surface area contributed by atoms with Gasteiger partial charge in [-0.15, -0.1) is 11.6 Å². The Morgan fingerprint density at radius 2 is 1.97 bits per heavy atom. The van der Waals surface area contributed by atoms with Gasteiger partial charge in [0.05, 0.1) is 17.6 Å². The number of fused-ring (bicyclic) bond motifs is 1. The smallest absolute Gasteiger partial charge is 0.276 e. The summed E-state index contributed by atoms with van der Waals surface area (Å²) in [7, 11) is 1.55. The molecule has 1 aromatic heterocycles. The van der Waals surface area contributed by atoms with Crippen LogP contribution in [0.5, 0.6) is 11.6 Å². The molecule has 3 aromatic rings. The van der Waals surface area contributed by atoms with Crippen molar-refractivity contribution >= 4 is 45.9 Å². The van der Waals surface area contributed by atoms with Crippen molar-refractivity contribution in [1.82, 2.24) is 15.4 Å². The van der Waals surface area contributed by atoms with Gasteiger partial charge in [-0.05, 0) is 42.3 Å². The third-order valence-corrected chi connectivity index (χ3v) is 5.83. The van der Waals surface area contributed by atoms with Gasteiger partial charge in [0.1, 0.15) is 23.0 Å². The zero-order valence-corrected chi connectivity index (χ0v) is 18.6. The van der Waals surface area contributed by atoms with Gasteiger partial charge in [-0.25, -0.2) is 14.4 Å². The van der Waals surface area contributed by atoms with Gasteiger partial charge in [0.25, 0.3) is 11.8 Å². The van der Waals surface area contributed by atoms with Gasteiger partial charge in [0.15, 0.2) is 6.61 Å². The number of rotatable bonds is 6. The first-order valence-electron chi connectivity index (χ1n) is 9.58. The minimum Gasteiger partial charge on any atom is -0.497 e. The molecule has 0 saturated carbocycles. The second-order valence-corrected chi connectivity index (χ2v) is 8.09. The quantitative estimate of drug-likeness (QED) is 0.429. The highest BCUT2D eigenvalue weighted by Crippen LogP contribution is 2.37. The van der Waals surface area contributed by atoms with Crippen LogP contribution in [0.15, 0.2) is 42.5 Å². The number of ether oxygens (including phenoxy) is 2. The number of hydrogen-bond donors (Lipinski definition) is 1. The lowest BCUT2D eigenvalue weighted by Gasteiger charge is -2.43. The number of hydrogen-bond acceptors (Lipinski definition) is 5. The Bertz CT molecular complexity index is 1210. The molecule has 2 heterocycles. The van der Waals surface area contributed by atoms with Gasteiger partial charge in [0, 0.05) is 11.5 Å². The Kier molecular flexibility index (Phi) is 6.08. The SMILES string of the molecule is COc1ccc([C@H]2[C@@H](Cl)C(=O)N2NC(=O)COc2cc(C)c3cc(F)c(Cl)cc3n2)cc1. The molecule has 32 heavy (non-hydrogen) atoms. The van der Waals surface area contributed by atoms with Crippen molar-refractivity contribution in [3.8, 4) is 11.6 Å². The second kappa shape index (κ2) is 8.80. The predicted molar refractivity (Wildman–Crippen MR) is 117 cm³/mol. The van der Waals surface area contributed by atoms with E-state index in [-0.39, 0.29) is 17.5 Å². The number of hydrazine groups is 1. The molecule has 0 aliphatic carbocycles.